The quantitative estimate of drug-likeness (QED) is 0.848. The molecular weight excluding hydrogens is 286 g/mol. The first-order chi connectivity index (χ1) is 10.2. The molecule has 112 valence electrons. The fraction of sp³-hybridized carbons (Fsp3) is 0.312. The summed E-state index contributed by atoms with van der Waals surface area (Å²) in [6, 6.07) is 9.47. The Hall–Kier alpha value is -2.01. The third kappa shape index (κ3) is 4.49. The molecule has 1 aromatic carbocycles. The van der Waals surface area contributed by atoms with E-state index in [1.54, 1.807) is 43.8 Å². The van der Waals surface area contributed by atoms with Gasteiger partial charge in [-0.15, -0.1) is 11.3 Å². The molecule has 0 bridgehead atoms. The van der Waals surface area contributed by atoms with Gasteiger partial charge in [-0.1, -0.05) is 6.07 Å². The average molecular weight is 305 g/mol. The molecule has 0 atom stereocenters. The Morgan fingerprint density at radius 2 is 2.00 bits per heavy atom. The van der Waals surface area contributed by atoms with Crippen molar-refractivity contribution in [3.63, 3.8) is 0 Å². The lowest BCUT2D eigenvalue weighted by atomic mass is 10.2. The Morgan fingerprint density at radius 3 is 2.67 bits per heavy atom. The number of hydrogen-bond acceptors (Lipinski definition) is 4. The average Bonchev–Trinajstić information content (AvgIpc) is 3.00. The molecule has 0 fully saturated rings. The number of methoxy groups -OCH3 is 2. The van der Waals surface area contributed by atoms with E-state index in [1.807, 2.05) is 6.07 Å². The Bertz CT molecular complexity index is 581. The second kappa shape index (κ2) is 7.69. The van der Waals surface area contributed by atoms with E-state index in [9.17, 15) is 4.79 Å². The number of aryl methyl sites for hydroxylation is 1. The van der Waals surface area contributed by atoms with Crippen LogP contribution >= 0.6 is 11.3 Å². The van der Waals surface area contributed by atoms with E-state index in [4.69, 9.17) is 9.47 Å². The predicted octanol–water partition coefficient (Wildman–Crippen LogP) is 3.73. The number of amides is 1. The zero-order valence-electron chi connectivity index (χ0n) is 12.2. The predicted molar refractivity (Wildman–Crippen MR) is 85.4 cm³/mol. The van der Waals surface area contributed by atoms with E-state index < -0.39 is 0 Å². The lowest BCUT2D eigenvalue weighted by Crippen LogP contribution is -2.11. The second-order valence-electron chi connectivity index (χ2n) is 4.55. The maximum Gasteiger partial charge on any atom is 0.224 e. The number of anilines is 1. The van der Waals surface area contributed by atoms with Gasteiger partial charge in [-0.25, -0.2) is 0 Å². The highest BCUT2D eigenvalue weighted by Crippen LogP contribution is 2.29. The minimum absolute atomic E-state index is 0.0128. The first-order valence-corrected chi connectivity index (χ1v) is 7.65. The minimum atomic E-state index is 0.0128. The molecule has 21 heavy (non-hydrogen) atoms. The molecule has 0 aliphatic carbocycles. The van der Waals surface area contributed by atoms with Crippen LogP contribution in [-0.2, 0) is 11.2 Å². The van der Waals surface area contributed by atoms with Gasteiger partial charge in [0.15, 0.2) is 11.5 Å². The molecule has 0 saturated heterocycles. The van der Waals surface area contributed by atoms with Crippen LogP contribution in [0.25, 0.3) is 0 Å². The number of carbonyl (C=O) groups is 1. The molecule has 2 aromatic rings. The van der Waals surface area contributed by atoms with E-state index in [0.29, 0.717) is 23.6 Å². The number of ether oxygens (including phenoxy) is 2. The highest BCUT2D eigenvalue weighted by atomic mass is 32.1. The fourth-order valence-corrected chi connectivity index (χ4v) is 2.77. The van der Waals surface area contributed by atoms with Crippen LogP contribution in [0, 0.1) is 0 Å². The van der Waals surface area contributed by atoms with Gasteiger partial charge in [0.25, 0.3) is 0 Å². The van der Waals surface area contributed by atoms with E-state index >= 15 is 0 Å². The van der Waals surface area contributed by atoms with Crippen molar-refractivity contribution in [1.82, 2.24) is 0 Å². The molecule has 1 N–H and O–H groups in total. The standard InChI is InChI=1S/C16H19NO3S/c1-19-14-9-8-12(11-15(14)20-2)17-16(18)7-3-5-13-6-4-10-21-13/h4,6,8-11H,3,5,7H2,1-2H3,(H,17,18). The zero-order chi connectivity index (χ0) is 15.1. The normalized spacial score (nSPS) is 10.2. The topological polar surface area (TPSA) is 47.6 Å². The van der Waals surface area contributed by atoms with Crippen LogP contribution in [0.4, 0.5) is 5.69 Å². The largest absolute Gasteiger partial charge is 0.493 e. The molecule has 0 aliphatic heterocycles. The number of thiophene rings is 1. The van der Waals surface area contributed by atoms with Gasteiger partial charge in [-0.05, 0) is 36.4 Å². The molecule has 0 unspecified atom stereocenters. The Labute approximate surface area is 128 Å². The van der Waals surface area contributed by atoms with Crippen LogP contribution in [0.5, 0.6) is 11.5 Å². The maximum atomic E-state index is 11.9. The summed E-state index contributed by atoms with van der Waals surface area (Å²) in [5.41, 5.74) is 0.716. The summed E-state index contributed by atoms with van der Waals surface area (Å²) in [4.78, 5) is 13.2. The van der Waals surface area contributed by atoms with Gasteiger partial charge in [0.2, 0.25) is 5.91 Å². The highest BCUT2D eigenvalue weighted by molar-refractivity contribution is 7.09. The summed E-state index contributed by atoms with van der Waals surface area (Å²) in [7, 11) is 3.16. The Balaban J connectivity index is 1.84. The van der Waals surface area contributed by atoms with Crippen LogP contribution in [0.2, 0.25) is 0 Å². The number of benzene rings is 1. The summed E-state index contributed by atoms with van der Waals surface area (Å²) in [5, 5.41) is 4.93. The minimum Gasteiger partial charge on any atom is -0.493 e. The molecule has 2 rings (SSSR count). The van der Waals surface area contributed by atoms with Gasteiger partial charge >= 0.3 is 0 Å². The molecule has 0 aliphatic rings. The lowest BCUT2D eigenvalue weighted by molar-refractivity contribution is -0.116. The van der Waals surface area contributed by atoms with E-state index in [2.05, 4.69) is 16.8 Å². The second-order valence-corrected chi connectivity index (χ2v) is 5.58. The molecule has 0 radical (unpaired) electrons. The monoisotopic (exact) mass is 305 g/mol. The van der Waals surface area contributed by atoms with Gasteiger partial charge in [0, 0.05) is 23.1 Å². The van der Waals surface area contributed by atoms with E-state index in [0.717, 1.165) is 12.8 Å². The number of rotatable bonds is 7. The molecule has 1 amide bonds. The van der Waals surface area contributed by atoms with E-state index in [-0.39, 0.29) is 5.91 Å². The number of carbonyl (C=O) groups excluding carboxylic acids is 1. The van der Waals surface area contributed by atoms with Crippen LogP contribution in [-0.4, -0.2) is 20.1 Å². The molecule has 4 nitrogen and oxygen atoms in total. The summed E-state index contributed by atoms with van der Waals surface area (Å²) in [6.45, 7) is 0. The first-order valence-electron chi connectivity index (χ1n) is 6.77. The van der Waals surface area contributed by atoms with Gasteiger partial charge in [-0.3, -0.25) is 4.79 Å². The summed E-state index contributed by atoms with van der Waals surface area (Å²) in [6.07, 6.45) is 2.29. The summed E-state index contributed by atoms with van der Waals surface area (Å²) < 4.78 is 10.4. The Kier molecular flexibility index (Phi) is 5.63. The lowest BCUT2D eigenvalue weighted by Gasteiger charge is -2.10. The van der Waals surface area contributed by atoms with Crippen LogP contribution < -0.4 is 14.8 Å². The fourth-order valence-electron chi connectivity index (χ4n) is 2.02. The van der Waals surface area contributed by atoms with Gasteiger partial charge in [0.05, 0.1) is 14.2 Å². The van der Waals surface area contributed by atoms with Gasteiger partial charge in [-0.2, -0.15) is 0 Å². The zero-order valence-corrected chi connectivity index (χ0v) is 13.0. The maximum absolute atomic E-state index is 11.9. The van der Waals surface area contributed by atoms with Crippen molar-refractivity contribution >= 4 is 22.9 Å². The van der Waals surface area contributed by atoms with Crippen molar-refractivity contribution in [1.29, 1.82) is 0 Å². The third-order valence-corrected chi connectivity index (χ3v) is 4.01. The van der Waals surface area contributed by atoms with Crippen LogP contribution in [0.15, 0.2) is 35.7 Å². The number of nitrogens with one attached hydrogen (secondary N) is 1. The van der Waals surface area contributed by atoms with Crippen molar-refractivity contribution in [2.24, 2.45) is 0 Å². The number of hydrogen-bond donors (Lipinski definition) is 1. The van der Waals surface area contributed by atoms with Crippen molar-refractivity contribution in [3.05, 3.63) is 40.6 Å². The van der Waals surface area contributed by atoms with Gasteiger partial charge < -0.3 is 14.8 Å². The van der Waals surface area contributed by atoms with Crippen LogP contribution in [0.3, 0.4) is 0 Å². The summed E-state index contributed by atoms with van der Waals surface area (Å²) in [5.74, 6) is 1.26. The van der Waals surface area contributed by atoms with Crippen molar-refractivity contribution < 1.29 is 14.3 Å². The van der Waals surface area contributed by atoms with Crippen LogP contribution in [0.1, 0.15) is 17.7 Å². The molecule has 1 aromatic heterocycles. The third-order valence-electron chi connectivity index (χ3n) is 3.07. The Morgan fingerprint density at radius 1 is 1.19 bits per heavy atom. The van der Waals surface area contributed by atoms with E-state index in [1.165, 1.54) is 4.88 Å². The summed E-state index contributed by atoms with van der Waals surface area (Å²) >= 11 is 1.73. The molecule has 5 heteroatoms. The molecule has 0 saturated carbocycles. The van der Waals surface area contributed by atoms with Gasteiger partial charge in [0.1, 0.15) is 0 Å². The molecule has 0 spiro atoms. The van der Waals surface area contributed by atoms with Crippen molar-refractivity contribution in [2.45, 2.75) is 19.3 Å². The molecular formula is C16H19NO3S. The van der Waals surface area contributed by atoms with Crippen molar-refractivity contribution in [3.8, 4) is 11.5 Å². The first kappa shape index (κ1) is 15.4. The van der Waals surface area contributed by atoms with Crippen molar-refractivity contribution in [2.75, 3.05) is 19.5 Å². The SMILES string of the molecule is COc1ccc(NC(=O)CCCc2cccs2)cc1OC. The highest BCUT2D eigenvalue weighted by Gasteiger charge is 2.07. The smallest absolute Gasteiger partial charge is 0.224 e. The molecule has 1 heterocycles.